The lowest BCUT2D eigenvalue weighted by molar-refractivity contribution is 0.587. The SMILES string of the molecule is CCCc1cc(N(C)CC(C)CN)ncn1. The molecule has 2 N–H and O–H groups in total. The number of hydrogen-bond donors (Lipinski definition) is 1. The maximum absolute atomic E-state index is 5.62. The van der Waals surface area contributed by atoms with Crippen LogP contribution in [0.4, 0.5) is 5.82 Å². The summed E-state index contributed by atoms with van der Waals surface area (Å²) in [5.74, 6) is 1.47. The molecule has 1 heterocycles. The van der Waals surface area contributed by atoms with E-state index in [1.54, 1.807) is 6.33 Å². The lowest BCUT2D eigenvalue weighted by Gasteiger charge is -2.21. The topological polar surface area (TPSA) is 55.0 Å². The summed E-state index contributed by atoms with van der Waals surface area (Å²) in [6.45, 7) is 5.93. The molecular formula is C12H22N4. The van der Waals surface area contributed by atoms with Gasteiger partial charge in [-0.05, 0) is 18.9 Å². The van der Waals surface area contributed by atoms with Gasteiger partial charge in [0.05, 0.1) is 0 Å². The van der Waals surface area contributed by atoms with Gasteiger partial charge in [-0.3, -0.25) is 0 Å². The second-order valence-electron chi connectivity index (χ2n) is 4.34. The molecular weight excluding hydrogens is 200 g/mol. The fraction of sp³-hybridized carbons (Fsp3) is 0.667. The van der Waals surface area contributed by atoms with Crippen LogP contribution in [-0.2, 0) is 6.42 Å². The first kappa shape index (κ1) is 12.9. The number of aryl methyl sites for hydroxylation is 1. The molecule has 0 saturated heterocycles. The molecule has 1 unspecified atom stereocenters. The Labute approximate surface area is 97.9 Å². The highest BCUT2D eigenvalue weighted by Gasteiger charge is 2.07. The van der Waals surface area contributed by atoms with Gasteiger partial charge in [0.15, 0.2) is 0 Å². The second-order valence-corrected chi connectivity index (χ2v) is 4.34. The molecule has 0 radical (unpaired) electrons. The standard InChI is InChI=1S/C12H22N4/c1-4-5-11-6-12(15-9-14-11)16(3)8-10(2)7-13/h6,9-10H,4-5,7-8,13H2,1-3H3. The van der Waals surface area contributed by atoms with Crippen molar-refractivity contribution in [3.63, 3.8) is 0 Å². The molecule has 16 heavy (non-hydrogen) atoms. The Kier molecular flexibility index (Phi) is 5.19. The molecule has 4 nitrogen and oxygen atoms in total. The molecule has 1 aromatic heterocycles. The van der Waals surface area contributed by atoms with Gasteiger partial charge in [0.1, 0.15) is 12.1 Å². The van der Waals surface area contributed by atoms with Crippen LogP contribution < -0.4 is 10.6 Å². The van der Waals surface area contributed by atoms with Crippen molar-refractivity contribution in [2.45, 2.75) is 26.7 Å². The van der Waals surface area contributed by atoms with E-state index >= 15 is 0 Å². The average Bonchev–Trinajstić information content (AvgIpc) is 2.29. The van der Waals surface area contributed by atoms with Crippen LogP contribution in [0.2, 0.25) is 0 Å². The molecule has 4 heteroatoms. The summed E-state index contributed by atoms with van der Waals surface area (Å²) in [5, 5.41) is 0. The van der Waals surface area contributed by atoms with E-state index in [0.29, 0.717) is 12.5 Å². The number of nitrogens with two attached hydrogens (primary N) is 1. The van der Waals surface area contributed by atoms with E-state index in [1.807, 2.05) is 7.05 Å². The smallest absolute Gasteiger partial charge is 0.131 e. The largest absolute Gasteiger partial charge is 0.359 e. The summed E-state index contributed by atoms with van der Waals surface area (Å²) in [7, 11) is 2.05. The Hall–Kier alpha value is -1.16. The molecule has 1 aromatic rings. The third kappa shape index (κ3) is 3.77. The van der Waals surface area contributed by atoms with E-state index < -0.39 is 0 Å². The van der Waals surface area contributed by atoms with Crippen molar-refractivity contribution in [3.05, 3.63) is 18.1 Å². The van der Waals surface area contributed by atoms with E-state index in [0.717, 1.165) is 30.9 Å². The third-order valence-electron chi connectivity index (χ3n) is 2.59. The number of anilines is 1. The van der Waals surface area contributed by atoms with Crippen LogP contribution in [0.15, 0.2) is 12.4 Å². The van der Waals surface area contributed by atoms with E-state index in [2.05, 4.69) is 34.8 Å². The maximum Gasteiger partial charge on any atom is 0.131 e. The van der Waals surface area contributed by atoms with Gasteiger partial charge in [0, 0.05) is 25.4 Å². The normalized spacial score (nSPS) is 12.5. The van der Waals surface area contributed by atoms with Crippen molar-refractivity contribution in [2.75, 3.05) is 25.0 Å². The first-order chi connectivity index (χ1) is 7.67. The number of aromatic nitrogens is 2. The quantitative estimate of drug-likeness (QED) is 0.791. The van der Waals surface area contributed by atoms with Crippen molar-refractivity contribution in [1.29, 1.82) is 0 Å². The molecule has 0 aliphatic heterocycles. The minimum atomic E-state index is 0.481. The van der Waals surface area contributed by atoms with Crippen LogP contribution in [0.3, 0.4) is 0 Å². The van der Waals surface area contributed by atoms with Gasteiger partial charge in [-0.1, -0.05) is 20.3 Å². The number of nitrogens with zero attached hydrogens (tertiary/aromatic N) is 3. The summed E-state index contributed by atoms with van der Waals surface area (Å²) >= 11 is 0. The van der Waals surface area contributed by atoms with Crippen LogP contribution in [0.1, 0.15) is 26.0 Å². The Balaban J connectivity index is 2.67. The molecule has 0 spiro atoms. The van der Waals surface area contributed by atoms with Crippen LogP contribution in [0.5, 0.6) is 0 Å². The second kappa shape index (κ2) is 6.43. The van der Waals surface area contributed by atoms with Crippen LogP contribution in [-0.4, -0.2) is 30.1 Å². The maximum atomic E-state index is 5.62. The van der Waals surface area contributed by atoms with Crippen LogP contribution in [0, 0.1) is 5.92 Å². The van der Waals surface area contributed by atoms with Gasteiger partial charge in [-0.15, -0.1) is 0 Å². The highest BCUT2D eigenvalue weighted by Crippen LogP contribution is 2.11. The van der Waals surface area contributed by atoms with Crippen molar-refractivity contribution >= 4 is 5.82 Å². The third-order valence-corrected chi connectivity index (χ3v) is 2.59. The molecule has 1 rings (SSSR count). The lowest BCUT2D eigenvalue weighted by Crippen LogP contribution is -2.28. The Morgan fingerprint density at radius 3 is 2.81 bits per heavy atom. The predicted molar refractivity (Wildman–Crippen MR) is 67.5 cm³/mol. The summed E-state index contributed by atoms with van der Waals surface area (Å²) < 4.78 is 0. The van der Waals surface area contributed by atoms with Gasteiger partial charge in [0.2, 0.25) is 0 Å². The first-order valence-corrected chi connectivity index (χ1v) is 5.89. The Morgan fingerprint density at radius 2 is 2.19 bits per heavy atom. The molecule has 0 fully saturated rings. The molecule has 0 aromatic carbocycles. The Morgan fingerprint density at radius 1 is 1.44 bits per heavy atom. The first-order valence-electron chi connectivity index (χ1n) is 5.89. The minimum Gasteiger partial charge on any atom is -0.359 e. The predicted octanol–water partition coefficient (Wildman–Crippen LogP) is 1.46. The average molecular weight is 222 g/mol. The van der Waals surface area contributed by atoms with Crippen molar-refractivity contribution in [1.82, 2.24) is 9.97 Å². The van der Waals surface area contributed by atoms with E-state index in [1.165, 1.54) is 0 Å². The molecule has 0 aliphatic rings. The summed E-state index contributed by atoms with van der Waals surface area (Å²) in [5.41, 5.74) is 6.73. The lowest BCUT2D eigenvalue weighted by atomic mass is 10.1. The molecule has 0 bridgehead atoms. The highest BCUT2D eigenvalue weighted by atomic mass is 15.2. The van der Waals surface area contributed by atoms with Crippen molar-refractivity contribution < 1.29 is 0 Å². The monoisotopic (exact) mass is 222 g/mol. The summed E-state index contributed by atoms with van der Waals surface area (Å²) in [6, 6.07) is 2.06. The van der Waals surface area contributed by atoms with Gasteiger partial charge in [0.25, 0.3) is 0 Å². The van der Waals surface area contributed by atoms with Gasteiger partial charge < -0.3 is 10.6 Å². The zero-order valence-electron chi connectivity index (χ0n) is 10.5. The Bertz CT molecular complexity index is 314. The van der Waals surface area contributed by atoms with Crippen molar-refractivity contribution in [3.8, 4) is 0 Å². The fourth-order valence-electron chi connectivity index (χ4n) is 1.62. The summed E-state index contributed by atoms with van der Waals surface area (Å²) in [6.07, 6.45) is 3.76. The van der Waals surface area contributed by atoms with Gasteiger partial charge >= 0.3 is 0 Å². The molecule has 0 saturated carbocycles. The van der Waals surface area contributed by atoms with Crippen LogP contribution in [0.25, 0.3) is 0 Å². The molecule has 0 aliphatic carbocycles. The zero-order valence-corrected chi connectivity index (χ0v) is 10.5. The van der Waals surface area contributed by atoms with E-state index in [4.69, 9.17) is 5.73 Å². The zero-order chi connectivity index (χ0) is 12.0. The number of rotatable bonds is 6. The van der Waals surface area contributed by atoms with Gasteiger partial charge in [-0.2, -0.15) is 0 Å². The molecule has 0 amide bonds. The molecule has 90 valence electrons. The van der Waals surface area contributed by atoms with Gasteiger partial charge in [-0.25, -0.2) is 9.97 Å². The van der Waals surface area contributed by atoms with Crippen LogP contribution >= 0.6 is 0 Å². The van der Waals surface area contributed by atoms with E-state index in [-0.39, 0.29) is 0 Å². The summed E-state index contributed by atoms with van der Waals surface area (Å²) in [4.78, 5) is 10.7. The molecule has 1 atom stereocenters. The van der Waals surface area contributed by atoms with Crippen molar-refractivity contribution in [2.24, 2.45) is 11.7 Å². The highest BCUT2D eigenvalue weighted by molar-refractivity contribution is 5.37. The van der Waals surface area contributed by atoms with E-state index in [9.17, 15) is 0 Å². The minimum absolute atomic E-state index is 0.481. The fourth-order valence-corrected chi connectivity index (χ4v) is 1.62. The number of hydrogen-bond acceptors (Lipinski definition) is 4.